The quantitative estimate of drug-likeness (QED) is 0.458. The van der Waals surface area contributed by atoms with Gasteiger partial charge in [0, 0.05) is 31.1 Å². The first-order chi connectivity index (χ1) is 17.7. The van der Waals surface area contributed by atoms with Gasteiger partial charge < -0.3 is 10.6 Å². The number of pyridine rings is 1. The van der Waals surface area contributed by atoms with Crippen molar-refractivity contribution in [1.82, 2.24) is 19.9 Å². The van der Waals surface area contributed by atoms with E-state index in [9.17, 15) is 18.0 Å². The molecular formula is C28H32F3N5O. The van der Waals surface area contributed by atoms with E-state index in [2.05, 4.69) is 38.9 Å². The molecule has 1 saturated heterocycles. The Balaban J connectivity index is 1.50. The van der Waals surface area contributed by atoms with E-state index in [-0.39, 0.29) is 25.0 Å². The Morgan fingerprint density at radius 3 is 2.57 bits per heavy atom. The van der Waals surface area contributed by atoms with Crippen molar-refractivity contribution in [2.45, 2.75) is 57.5 Å². The molecule has 1 atom stereocenters. The summed E-state index contributed by atoms with van der Waals surface area (Å²) in [5.74, 6) is 0.318. The number of nitrogens with two attached hydrogens (primary N) is 1. The number of aromatic nitrogens is 3. The first-order valence-corrected chi connectivity index (χ1v) is 12.7. The lowest BCUT2D eigenvalue weighted by atomic mass is 9.90. The molecule has 1 aromatic carbocycles. The van der Waals surface area contributed by atoms with E-state index >= 15 is 0 Å². The van der Waals surface area contributed by atoms with Crippen LogP contribution in [0.1, 0.15) is 65.1 Å². The fraction of sp³-hybridized carbons (Fsp3) is 0.429. The van der Waals surface area contributed by atoms with Gasteiger partial charge in [0.2, 0.25) is 5.91 Å². The average Bonchev–Trinajstić information content (AvgIpc) is 2.88. The zero-order valence-electron chi connectivity index (χ0n) is 21.0. The van der Waals surface area contributed by atoms with Crippen molar-refractivity contribution in [2.24, 2.45) is 5.73 Å². The molecule has 1 fully saturated rings. The number of carbonyl (C=O) groups is 1. The van der Waals surface area contributed by atoms with E-state index in [4.69, 9.17) is 5.73 Å². The van der Waals surface area contributed by atoms with Crippen LogP contribution in [0.15, 0.2) is 48.8 Å². The van der Waals surface area contributed by atoms with Crippen LogP contribution in [0.3, 0.4) is 0 Å². The van der Waals surface area contributed by atoms with Gasteiger partial charge in [0.15, 0.2) is 0 Å². The molecule has 4 rings (SSSR count). The number of piperidine rings is 1. The highest BCUT2D eigenvalue weighted by atomic mass is 19.4. The minimum absolute atomic E-state index is 0.0156. The molecular weight excluding hydrogens is 479 g/mol. The maximum Gasteiger partial charge on any atom is 0.419 e. The molecule has 0 spiro atoms. The van der Waals surface area contributed by atoms with Gasteiger partial charge in [-0.1, -0.05) is 37.3 Å². The second-order valence-corrected chi connectivity index (χ2v) is 9.55. The summed E-state index contributed by atoms with van der Waals surface area (Å²) in [5, 5.41) is 0. The van der Waals surface area contributed by atoms with Crippen molar-refractivity contribution in [3.8, 4) is 0 Å². The van der Waals surface area contributed by atoms with Crippen molar-refractivity contribution in [3.05, 3.63) is 88.3 Å². The number of benzene rings is 1. The minimum Gasteiger partial charge on any atom is -0.369 e. The van der Waals surface area contributed by atoms with Crippen molar-refractivity contribution < 1.29 is 18.0 Å². The molecule has 0 bridgehead atoms. The summed E-state index contributed by atoms with van der Waals surface area (Å²) in [6, 6.07) is 11.7. The fourth-order valence-corrected chi connectivity index (χ4v) is 4.96. The van der Waals surface area contributed by atoms with Gasteiger partial charge >= 0.3 is 6.18 Å². The van der Waals surface area contributed by atoms with E-state index in [1.807, 2.05) is 12.1 Å². The Morgan fingerprint density at radius 1 is 1.11 bits per heavy atom. The number of halogens is 3. The summed E-state index contributed by atoms with van der Waals surface area (Å²) >= 11 is 0. The molecule has 1 aliphatic heterocycles. The number of nitrogens with zero attached hydrogens (tertiary/aromatic N) is 4. The SMILES string of the molecule is CCN1CCCC(c2ccc(Cc3ncc(C(F)(F)F)c(CCc4ncccc4CC(N)=O)n3)cc2)C1. The van der Waals surface area contributed by atoms with Crippen molar-refractivity contribution in [2.75, 3.05) is 19.6 Å². The molecule has 196 valence electrons. The third-order valence-corrected chi connectivity index (χ3v) is 6.94. The molecule has 0 radical (unpaired) electrons. The van der Waals surface area contributed by atoms with Gasteiger partial charge in [-0.3, -0.25) is 9.78 Å². The maximum atomic E-state index is 13.7. The van der Waals surface area contributed by atoms with Crippen molar-refractivity contribution >= 4 is 5.91 Å². The van der Waals surface area contributed by atoms with Crippen molar-refractivity contribution in [1.29, 1.82) is 0 Å². The average molecular weight is 512 g/mol. The Hall–Kier alpha value is -3.33. The van der Waals surface area contributed by atoms with Gasteiger partial charge in [-0.05, 0) is 67.4 Å². The summed E-state index contributed by atoms with van der Waals surface area (Å²) < 4.78 is 41.1. The normalized spacial score (nSPS) is 16.6. The summed E-state index contributed by atoms with van der Waals surface area (Å²) in [7, 11) is 0. The van der Waals surface area contributed by atoms with Crippen LogP contribution in [-0.2, 0) is 36.7 Å². The zero-order chi connectivity index (χ0) is 26.4. The number of likely N-dealkylation sites (tertiary alicyclic amines) is 1. The lowest BCUT2D eigenvalue weighted by Gasteiger charge is -2.32. The summed E-state index contributed by atoms with van der Waals surface area (Å²) in [4.78, 5) is 26.4. The van der Waals surface area contributed by atoms with Gasteiger partial charge in [-0.2, -0.15) is 13.2 Å². The van der Waals surface area contributed by atoms with Gasteiger partial charge in [0.1, 0.15) is 5.82 Å². The topological polar surface area (TPSA) is 85.0 Å². The van der Waals surface area contributed by atoms with Gasteiger partial charge in [0.05, 0.1) is 17.7 Å². The van der Waals surface area contributed by atoms with Crippen molar-refractivity contribution in [3.63, 3.8) is 0 Å². The number of primary amides is 1. The standard InChI is InChI=1S/C28H32F3N5O/c1-2-36-14-4-6-22(18-36)20-9-7-19(8-10-20)15-27-34-17-23(28(29,30)31)25(35-27)12-11-24-21(16-26(32)37)5-3-13-33-24/h3,5,7-10,13,17,22H,2,4,6,11-12,14-16,18H2,1H3,(H2,32,37). The van der Waals surface area contributed by atoms with Crippen LogP contribution in [0.25, 0.3) is 0 Å². The lowest BCUT2D eigenvalue weighted by Crippen LogP contribution is -2.34. The van der Waals surface area contributed by atoms with Gasteiger partial charge in [0.25, 0.3) is 0 Å². The lowest BCUT2D eigenvalue weighted by molar-refractivity contribution is -0.138. The Kier molecular flexibility index (Phi) is 8.53. The molecule has 0 aliphatic carbocycles. The summed E-state index contributed by atoms with van der Waals surface area (Å²) in [5.41, 5.74) is 7.76. The second kappa shape index (κ2) is 11.8. The van der Waals surface area contributed by atoms with E-state index in [0.717, 1.165) is 31.4 Å². The van der Waals surface area contributed by atoms with Crippen LogP contribution in [0.2, 0.25) is 0 Å². The maximum absolute atomic E-state index is 13.7. The minimum atomic E-state index is -4.57. The van der Waals surface area contributed by atoms with Crippen LogP contribution >= 0.6 is 0 Å². The number of hydrogen-bond acceptors (Lipinski definition) is 5. The zero-order valence-corrected chi connectivity index (χ0v) is 21.0. The monoisotopic (exact) mass is 511 g/mol. The Morgan fingerprint density at radius 2 is 1.86 bits per heavy atom. The highest BCUT2D eigenvalue weighted by Crippen LogP contribution is 2.32. The van der Waals surface area contributed by atoms with Gasteiger partial charge in [-0.25, -0.2) is 9.97 Å². The predicted octanol–water partition coefficient (Wildman–Crippen LogP) is 4.49. The number of hydrogen-bond donors (Lipinski definition) is 1. The molecule has 3 aromatic rings. The van der Waals surface area contributed by atoms with E-state index in [1.54, 1.807) is 18.3 Å². The molecule has 37 heavy (non-hydrogen) atoms. The largest absolute Gasteiger partial charge is 0.419 e. The van der Waals surface area contributed by atoms with Crippen LogP contribution in [-0.4, -0.2) is 45.4 Å². The molecule has 1 aliphatic rings. The Labute approximate surface area is 215 Å². The molecule has 1 unspecified atom stereocenters. The molecule has 9 heteroatoms. The van der Waals surface area contributed by atoms with Gasteiger partial charge in [-0.15, -0.1) is 0 Å². The molecule has 2 aromatic heterocycles. The number of rotatable bonds is 9. The van der Waals surface area contributed by atoms with Crippen LogP contribution in [0.5, 0.6) is 0 Å². The number of carbonyl (C=O) groups excluding carboxylic acids is 1. The number of amides is 1. The second-order valence-electron chi connectivity index (χ2n) is 9.55. The molecule has 3 heterocycles. The Bertz CT molecular complexity index is 1210. The van der Waals surface area contributed by atoms with Crippen LogP contribution < -0.4 is 5.73 Å². The summed E-state index contributed by atoms with van der Waals surface area (Å²) in [6.07, 6.45) is 0.745. The highest BCUT2D eigenvalue weighted by molar-refractivity contribution is 5.76. The van der Waals surface area contributed by atoms with E-state index in [1.165, 1.54) is 18.4 Å². The molecule has 2 N–H and O–H groups in total. The van der Waals surface area contributed by atoms with Crippen LogP contribution in [0, 0.1) is 0 Å². The first kappa shape index (κ1) is 26.7. The molecule has 1 amide bonds. The van der Waals surface area contributed by atoms with Crippen LogP contribution in [0.4, 0.5) is 13.2 Å². The first-order valence-electron chi connectivity index (χ1n) is 12.7. The number of aryl methyl sites for hydroxylation is 2. The third-order valence-electron chi connectivity index (χ3n) is 6.94. The fourth-order valence-electron chi connectivity index (χ4n) is 4.96. The number of likely N-dealkylation sites (N-methyl/N-ethyl adjacent to an activating group) is 1. The predicted molar refractivity (Wildman–Crippen MR) is 135 cm³/mol. The highest BCUT2D eigenvalue weighted by Gasteiger charge is 2.35. The number of alkyl halides is 3. The molecule has 6 nitrogen and oxygen atoms in total. The summed E-state index contributed by atoms with van der Waals surface area (Å²) in [6.45, 7) is 5.43. The van der Waals surface area contributed by atoms with E-state index < -0.39 is 17.6 Å². The van der Waals surface area contributed by atoms with E-state index in [0.29, 0.717) is 29.4 Å². The molecule has 0 saturated carbocycles. The third kappa shape index (κ3) is 7.13. The smallest absolute Gasteiger partial charge is 0.369 e.